The maximum atomic E-state index is 5.21. The summed E-state index contributed by atoms with van der Waals surface area (Å²) in [6.07, 6.45) is 5.93. The SMILES string of the molecule is COC1CC(Nc2ncncc2I)C1. The Hall–Kier alpha value is -0.430. The lowest BCUT2D eigenvalue weighted by Gasteiger charge is -2.35. The molecule has 0 aromatic carbocycles. The van der Waals surface area contributed by atoms with E-state index in [1.165, 1.54) is 0 Å². The summed E-state index contributed by atoms with van der Waals surface area (Å²) in [4.78, 5) is 8.12. The highest BCUT2D eigenvalue weighted by molar-refractivity contribution is 14.1. The van der Waals surface area contributed by atoms with Gasteiger partial charge in [0.2, 0.25) is 0 Å². The van der Waals surface area contributed by atoms with Crippen molar-refractivity contribution in [3.8, 4) is 0 Å². The van der Waals surface area contributed by atoms with Gasteiger partial charge < -0.3 is 10.1 Å². The quantitative estimate of drug-likeness (QED) is 0.863. The molecule has 1 heterocycles. The molecule has 1 aromatic rings. The molecule has 5 heteroatoms. The van der Waals surface area contributed by atoms with E-state index in [1.54, 1.807) is 13.4 Å². The summed E-state index contributed by atoms with van der Waals surface area (Å²) in [5.41, 5.74) is 0. The number of hydrogen-bond donors (Lipinski definition) is 1. The minimum absolute atomic E-state index is 0.423. The molecule has 76 valence electrons. The molecule has 0 radical (unpaired) electrons. The Kier molecular flexibility index (Phi) is 3.17. The highest BCUT2D eigenvalue weighted by Gasteiger charge is 2.29. The largest absolute Gasteiger partial charge is 0.381 e. The van der Waals surface area contributed by atoms with Crippen LogP contribution in [0.1, 0.15) is 12.8 Å². The molecule has 0 spiro atoms. The smallest absolute Gasteiger partial charge is 0.143 e. The topological polar surface area (TPSA) is 47.0 Å². The van der Waals surface area contributed by atoms with Crippen molar-refractivity contribution >= 4 is 28.4 Å². The van der Waals surface area contributed by atoms with E-state index in [9.17, 15) is 0 Å². The Morgan fingerprint density at radius 3 is 3.00 bits per heavy atom. The second-order valence-electron chi connectivity index (χ2n) is 3.39. The van der Waals surface area contributed by atoms with Gasteiger partial charge >= 0.3 is 0 Å². The Morgan fingerprint density at radius 2 is 2.36 bits per heavy atom. The fourth-order valence-corrected chi connectivity index (χ4v) is 1.94. The van der Waals surface area contributed by atoms with E-state index in [1.807, 2.05) is 6.20 Å². The van der Waals surface area contributed by atoms with Gasteiger partial charge in [-0.15, -0.1) is 0 Å². The molecule has 2 rings (SSSR count). The molecule has 4 nitrogen and oxygen atoms in total. The molecule has 0 aliphatic heterocycles. The lowest BCUT2D eigenvalue weighted by Crippen LogP contribution is -2.40. The summed E-state index contributed by atoms with van der Waals surface area (Å²) in [7, 11) is 1.76. The number of methoxy groups -OCH3 is 1. The summed E-state index contributed by atoms with van der Waals surface area (Å²) < 4.78 is 6.27. The molecule has 1 fully saturated rings. The van der Waals surface area contributed by atoms with Crippen molar-refractivity contribution in [2.75, 3.05) is 12.4 Å². The van der Waals surface area contributed by atoms with Crippen LogP contribution in [-0.4, -0.2) is 29.2 Å². The van der Waals surface area contributed by atoms with Gasteiger partial charge in [0.15, 0.2) is 0 Å². The van der Waals surface area contributed by atoms with E-state index >= 15 is 0 Å². The molecule has 14 heavy (non-hydrogen) atoms. The van der Waals surface area contributed by atoms with Crippen molar-refractivity contribution in [2.45, 2.75) is 25.0 Å². The first-order valence-corrected chi connectivity index (χ1v) is 5.62. The Labute approximate surface area is 96.6 Å². The number of hydrogen-bond acceptors (Lipinski definition) is 4. The lowest BCUT2D eigenvalue weighted by atomic mass is 9.89. The fraction of sp³-hybridized carbons (Fsp3) is 0.556. The van der Waals surface area contributed by atoms with Crippen molar-refractivity contribution in [1.29, 1.82) is 0 Å². The van der Waals surface area contributed by atoms with Crippen LogP contribution >= 0.6 is 22.6 Å². The average molecular weight is 305 g/mol. The molecule has 0 saturated heterocycles. The van der Waals surface area contributed by atoms with Crippen molar-refractivity contribution in [3.05, 3.63) is 16.1 Å². The first-order valence-electron chi connectivity index (χ1n) is 4.54. The fourth-order valence-electron chi connectivity index (χ4n) is 1.49. The van der Waals surface area contributed by atoms with Gasteiger partial charge in [-0.1, -0.05) is 0 Å². The standard InChI is InChI=1S/C9H12IN3O/c1-14-7-2-6(3-7)13-9-8(10)4-11-5-12-9/h4-7H,2-3H2,1H3,(H,11,12,13). The molecular formula is C9H12IN3O. The average Bonchev–Trinajstić information content (AvgIpc) is 2.13. The number of aromatic nitrogens is 2. The van der Waals surface area contributed by atoms with Crippen molar-refractivity contribution in [3.63, 3.8) is 0 Å². The van der Waals surface area contributed by atoms with Gasteiger partial charge in [-0.05, 0) is 35.4 Å². The van der Waals surface area contributed by atoms with E-state index in [2.05, 4.69) is 37.9 Å². The van der Waals surface area contributed by atoms with Gasteiger partial charge in [0.25, 0.3) is 0 Å². The molecule has 1 aliphatic rings. The van der Waals surface area contributed by atoms with E-state index in [-0.39, 0.29) is 0 Å². The van der Waals surface area contributed by atoms with Crippen LogP contribution in [0.15, 0.2) is 12.5 Å². The van der Waals surface area contributed by atoms with Crippen LogP contribution in [0.3, 0.4) is 0 Å². The number of nitrogens with one attached hydrogen (secondary N) is 1. The zero-order valence-electron chi connectivity index (χ0n) is 7.90. The van der Waals surface area contributed by atoms with E-state index in [0.717, 1.165) is 22.2 Å². The number of ether oxygens (including phenoxy) is 1. The highest BCUT2D eigenvalue weighted by atomic mass is 127. The van der Waals surface area contributed by atoms with Crippen molar-refractivity contribution in [2.24, 2.45) is 0 Å². The van der Waals surface area contributed by atoms with Gasteiger partial charge in [0.05, 0.1) is 9.67 Å². The predicted molar refractivity (Wildman–Crippen MR) is 62.2 cm³/mol. The third-order valence-corrected chi connectivity index (χ3v) is 3.23. The number of rotatable bonds is 3. The van der Waals surface area contributed by atoms with Crippen LogP contribution in [0.5, 0.6) is 0 Å². The normalized spacial score (nSPS) is 25.6. The molecule has 1 aliphatic carbocycles. The maximum absolute atomic E-state index is 5.21. The van der Waals surface area contributed by atoms with Gasteiger partial charge in [0, 0.05) is 19.3 Å². The highest BCUT2D eigenvalue weighted by Crippen LogP contribution is 2.26. The van der Waals surface area contributed by atoms with Gasteiger partial charge in [-0.2, -0.15) is 0 Å². The molecular weight excluding hydrogens is 293 g/mol. The zero-order chi connectivity index (χ0) is 9.97. The van der Waals surface area contributed by atoms with E-state index in [4.69, 9.17) is 4.74 Å². The second kappa shape index (κ2) is 4.39. The third kappa shape index (κ3) is 2.14. The Morgan fingerprint density at radius 1 is 1.57 bits per heavy atom. The summed E-state index contributed by atoms with van der Waals surface area (Å²) >= 11 is 2.23. The molecule has 1 saturated carbocycles. The summed E-state index contributed by atoms with van der Waals surface area (Å²) in [6.45, 7) is 0. The molecule has 1 N–H and O–H groups in total. The summed E-state index contributed by atoms with van der Waals surface area (Å²) in [6, 6.07) is 0.503. The Bertz CT molecular complexity index is 315. The van der Waals surface area contributed by atoms with Gasteiger partial charge in [-0.3, -0.25) is 0 Å². The van der Waals surface area contributed by atoms with Crippen LogP contribution in [0, 0.1) is 3.57 Å². The van der Waals surface area contributed by atoms with Crippen LogP contribution in [0.25, 0.3) is 0 Å². The third-order valence-electron chi connectivity index (χ3n) is 2.44. The van der Waals surface area contributed by atoms with Crippen molar-refractivity contribution < 1.29 is 4.74 Å². The maximum Gasteiger partial charge on any atom is 0.143 e. The lowest BCUT2D eigenvalue weighted by molar-refractivity contribution is 0.0327. The monoisotopic (exact) mass is 305 g/mol. The van der Waals surface area contributed by atoms with Crippen LogP contribution in [0.2, 0.25) is 0 Å². The number of halogens is 1. The minimum Gasteiger partial charge on any atom is -0.381 e. The minimum atomic E-state index is 0.423. The number of nitrogens with zero attached hydrogens (tertiary/aromatic N) is 2. The molecule has 0 atom stereocenters. The van der Waals surface area contributed by atoms with Crippen LogP contribution < -0.4 is 5.32 Å². The van der Waals surface area contributed by atoms with Gasteiger partial charge in [-0.25, -0.2) is 9.97 Å². The molecule has 1 aromatic heterocycles. The van der Waals surface area contributed by atoms with E-state index < -0.39 is 0 Å². The van der Waals surface area contributed by atoms with Crippen LogP contribution in [-0.2, 0) is 4.74 Å². The summed E-state index contributed by atoms with van der Waals surface area (Å²) in [5, 5.41) is 3.37. The number of anilines is 1. The van der Waals surface area contributed by atoms with Crippen LogP contribution in [0.4, 0.5) is 5.82 Å². The van der Waals surface area contributed by atoms with Gasteiger partial charge in [0.1, 0.15) is 12.1 Å². The van der Waals surface area contributed by atoms with Crippen molar-refractivity contribution in [1.82, 2.24) is 9.97 Å². The first kappa shape index (κ1) is 10.1. The van der Waals surface area contributed by atoms with E-state index in [0.29, 0.717) is 12.1 Å². The zero-order valence-corrected chi connectivity index (χ0v) is 10.1. The second-order valence-corrected chi connectivity index (χ2v) is 4.55. The summed E-state index contributed by atoms with van der Waals surface area (Å²) in [5.74, 6) is 0.931. The predicted octanol–water partition coefficient (Wildman–Crippen LogP) is 1.67. The molecule has 0 amide bonds. The molecule has 0 bridgehead atoms. The Balaban J connectivity index is 1.90. The first-order chi connectivity index (χ1) is 6.79. The molecule has 0 unspecified atom stereocenters.